The van der Waals surface area contributed by atoms with E-state index in [1.54, 1.807) is 0 Å². The molecule has 0 aromatic rings. The quantitative estimate of drug-likeness (QED) is 0.839. The van der Waals surface area contributed by atoms with Crippen molar-refractivity contribution in [1.29, 1.82) is 0 Å². The monoisotopic (exact) mass is 282 g/mol. The van der Waals surface area contributed by atoms with Crippen molar-refractivity contribution in [2.75, 3.05) is 26.3 Å². The number of nitrogens with zero attached hydrogens (tertiary/aromatic N) is 1. The zero-order chi connectivity index (χ0) is 14.5. The zero-order valence-corrected chi connectivity index (χ0v) is 13.9. The Labute approximate surface area is 125 Å². The molecule has 0 aromatic heterocycles. The summed E-state index contributed by atoms with van der Waals surface area (Å²) in [5.41, 5.74) is 0. The molecule has 3 nitrogen and oxygen atoms in total. The van der Waals surface area contributed by atoms with Crippen LogP contribution in [0.2, 0.25) is 0 Å². The van der Waals surface area contributed by atoms with E-state index in [1.807, 2.05) is 0 Å². The van der Waals surface area contributed by atoms with Crippen molar-refractivity contribution in [1.82, 2.24) is 10.2 Å². The van der Waals surface area contributed by atoms with Crippen LogP contribution < -0.4 is 5.32 Å². The molecule has 0 radical (unpaired) electrons. The first-order valence-electron chi connectivity index (χ1n) is 8.70. The lowest BCUT2D eigenvalue weighted by atomic mass is 9.87. The molecule has 118 valence electrons. The average Bonchev–Trinajstić information content (AvgIpc) is 2.47. The second-order valence-corrected chi connectivity index (χ2v) is 7.09. The fourth-order valence-electron chi connectivity index (χ4n) is 3.96. The molecule has 3 heteroatoms. The third-order valence-electron chi connectivity index (χ3n) is 5.35. The topological polar surface area (TPSA) is 24.5 Å². The highest BCUT2D eigenvalue weighted by Crippen LogP contribution is 2.28. The lowest BCUT2D eigenvalue weighted by Gasteiger charge is -2.48. The maximum absolute atomic E-state index is 5.54. The Bertz CT molecular complexity index is 276. The van der Waals surface area contributed by atoms with Gasteiger partial charge in [0.15, 0.2) is 0 Å². The number of nitrogens with one attached hydrogen (secondary N) is 1. The van der Waals surface area contributed by atoms with Crippen molar-refractivity contribution in [3.8, 4) is 0 Å². The maximum atomic E-state index is 5.54. The molecule has 2 heterocycles. The third kappa shape index (κ3) is 3.96. The van der Waals surface area contributed by atoms with Gasteiger partial charge in [0, 0.05) is 44.4 Å². The standard InChI is InChI=1S/C17H34N2O/c1-5-6-16-12-19(17(11-18-16)13(2)3)14(4)15-7-9-20-10-8-15/h13-18H,5-12H2,1-4H3. The van der Waals surface area contributed by atoms with Crippen LogP contribution in [0.5, 0.6) is 0 Å². The molecule has 0 saturated carbocycles. The molecule has 3 atom stereocenters. The van der Waals surface area contributed by atoms with Gasteiger partial charge in [0.2, 0.25) is 0 Å². The van der Waals surface area contributed by atoms with Crippen LogP contribution in [0.4, 0.5) is 0 Å². The van der Waals surface area contributed by atoms with Gasteiger partial charge < -0.3 is 10.1 Å². The average molecular weight is 282 g/mol. The molecule has 2 fully saturated rings. The van der Waals surface area contributed by atoms with E-state index in [-0.39, 0.29) is 0 Å². The van der Waals surface area contributed by atoms with Gasteiger partial charge in [-0.2, -0.15) is 0 Å². The Kier molecular flexibility index (Phi) is 6.31. The van der Waals surface area contributed by atoms with Gasteiger partial charge in [-0.05, 0) is 38.0 Å². The summed E-state index contributed by atoms with van der Waals surface area (Å²) in [5, 5.41) is 3.77. The number of hydrogen-bond acceptors (Lipinski definition) is 3. The van der Waals surface area contributed by atoms with E-state index in [0.717, 1.165) is 31.6 Å². The predicted molar refractivity (Wildman–Crippen MR) is 85.0 cm³/mol. The van der Waals surface area contributed by atoms with E-state index in [4.69, 9.17) is 4.74 Å². The minimum Gasteiger partial charge on any atom is -0.381 e. The third-order valence-corrected chi connectivity index (χ3v) is 5.35. The van der Waals surface area contributed by atoms with Gasteiger partial charge in [-0.15, -0.1) is 0 Å². The molecule has 1 N–H and O–H groups in total. The Morgan fingerprint density at radius 1 is 1.20 bits per heavy atom. The van der Waals surface area contributed by atoms with E-state index in [0.29, 0.717) is 18.1 Å². The number of piperazine rings is 1. The normalized spacial score (nSPS) is 31.6. The molecular weight excluding hydrogens is 248 g/mol. The zero-order valence-electron chi connectivity index (χ0n) is 13.9. The summed E-state index contributed by atoms with van der Waals surface area (Å²) in [4.78, 5) is 2.82. The van der Waals surface area contributed by atoms with Crippen LogP contribution in [0.3, 0.4) is 0 Å². The lowest BCUT2D eigenvalue weighted by Crippen LogP contribution is -2.61. The van der Waals surface area contributed by atoms with E-state index in [1.165, 1.54) is 32.2 Å². The molecule has 0 aliphatic carbocycles. The second-order valence-electron chi connectivity index (χ2n) is 7.09. The van der Waals surface area contributed by atoms with Gasteiger partial charge >= 0.3 is 0 Å². The van der Waals surface area contributed by atoms with Crippen LogP contribution in [0.15, 0.2) is 0 Å². The summed E-state index contributed by atoms with van der Waals surface area (Å²) < 4.78 is 5.54. The maximum Gasteiger partial charge on any atom is 0.0469 e. The molecule has 3 unspecified atom stereocenters. The first-order valence-corrected chi connectivity index (χ1v) is 8.70. The van der Waals surface area contributed by atoms with Crippen LogP contribution in [-0.2, 0) is 4.74 Å². The number of hydrogen-bond donors (Lipinski definition) is 1. The highest BCUT2D eigenvalue weighted by molar-refractivity contribution is 4.92. The Morgan fingerprint density at radius 2 is 1.90 bits per heavy atom. The van der Waals surface area contributed by atoms with E-state index >= 15 is 0 Å². The van der Waals surface area contributed by atoms with Crippen molar-refractivity contribution >= 4 is 0 Å². The van der Waals surface area contributed by atoms with E-state index in [2.05, 4.69) is 37.9 Å². The fourth-order valence-corrected chi connectivity index (χ4v) is 3.96. The molecule has 2 aliphatic heterocycles. The largest absolute Gasteiger partial charge is 0.381 e. The molecule has 0 bridgehead atoms. The van der Waals surface area contributed by atoms with Crippen molar-refractivity contribution in [3.63, 3.8) is 0 Å². The van der Waals surface area contributed by atoms with Gasteiger partial charge in [-0.3, -0.25) is 4.90 Å². The summed E-state index contributed by atoms with van der Waals surface area (Å²) in [7, 11) is 0. The Morgan fingerprint density at radius 3 is 2.50 bits per heavy atom. The minimum atomic E-state index is 0.692. The SMILES string of the molecule is CCCC1CN(C(C)C2CCOCC2)C(C(C)C)CN1. The number of ether oxygens (including phenoxy) is 1. The summed E-state index contributed by atoms with van der Waals surface area (Å²) >= 11 is 0. The second kappa shape index (κ2) is 7.77. The smallest absolute Gasteiger partial charge is 0.0469 e. The molecule has 2 saturated heterocycles. The van der Waals surface area contributed by atoms with Crippen LogP contribution in [-0.4, -0.2) is 49.3 Å². The van der Waals surface area contributed by atoms with Gasteiger partial charge in [-0.25, -0.2) is 0 Å². The van der Waals surface area contributed by atoms with Gasteiger partial charge in [0.1, 0.15) is 0 Å². The molecule has 20 heavy (non-hydrogen) atoms. The molecule has 0 amide bonds. The lowest BCUT2D eigenvalue weighted by molar-refractivity contribution is -0.00682. The van der Waals surface area contributed by atoms with Crippen LogP contribution in [0.25, 0.3) is 0 Å². The van der Waals surface area contributed by atoms with Crippen molar-refractivity contribution in [2.45, 2.75) is 71.5 Å². The molecule has 0 spiro atoms. The van der Waals surface area contributed by atoms with E-state index < -0.39 is 0 Å². The summed E-state index contributed by atoms with van der Waals surface area (Å²) in [6.07, 6.45) is 5.08. The summed E-state index contributed by atoms with van der Waals surface area (Å²) in [5.74, 6) is 1.55. The number of rotatable bonds is 5. The van der Waals surface area contributed by atoms with Crippen LogP contribution >= 0.6 is 0 Å². The van der Waals surface area contributed by atoms with Crippen molar-refractivity contribution in [3.05, 3.63) is 0 Å². The Balaban J connectivity index is 2.01. The van der Waals surface area contributed by atoms with Gasteiger partial charge in [0.25, 0.3) is 0 Å². The van der Waals surface area contributed by atoms with E-state index in [9.17, 15) is 0 Å². The highest BCUT2D eigenvalue weighted by atomic mass is 16.5. The summed E-state index contributed by atoms with van der Waals surface area (Å²) in [6.45, 7) is 13.8. The van der Waals surface area contributed by atoms with Gasteiger partial charge in [-0.1, -0.05) is 27.2 Å². The Hall–Kier alpha value is -0.120. The molecular formula is C17H34N2O. The van der Waals surface area contributed by atoms with Gasteiger partial charge in [0.05, 0.1) is 0 Å². The summed E-state index contributed by atoms with van der Waals surface area (Å²) in [6, 6.07) is 2.09. The fraction of sp³-hybridized carbons (Fsp3) is 1.00. The molecule has 2 rings (SSSR count). The van der Waals surface area contributed by atoms with Crippen LogP contribution in [0.1, 0.15) is 53.4 Å². The molecule has 2 aliphatic rings. The highest BCUT2D eigenvalue weighted by Gasteiger charge is 2.35. The minimum absolute atomic E-state index is 0.692. The molecule has 0 aromatic carbocycles. The predicted octanol–water partition coefficient (Wildman–Crippen LogP) is 2.90. The van der Waals surface area contributed by atoms with Crippen molar-refractivity contribution < 1.29 is 4.74 Å². The first-order chi connectivity index (χ1) is 9.63. The van der Waals surface area contributed by atoms with Crippen molar-refractivity contribution in [2.24, 2.45) is 11.8 Å². The van der Waals surface area contributed by atoms with Crippen LogP contribution in [0, 0.1) is 11.8 Å². The first kappa shape index (κ1) is 16.3.